The molecule has 0 spiro atoms. The highest BCUT2D eigenvalue weighted by Gasteiger charge is 2.28. The number of nitrogens with zero attached hydrogens (tertiary/aromatic N) is 4. The first-order valence-electron chi connectivity index (χ1n) is 9.13. The summed E-state index contributed by atoms with van der Waals surface area (Å²) in [5.74, 6) is -0.690. The first-order valence-corrected chi connectivity index (χ1v) is 10.6. The second-order valence-corrected chi connectivity index (χ2v) is 8.48. The molecule has 1 amide bonds. The molecule has 0 atom stereocenters. The number of aromatic nitrogens is 2. The van der Waals surface area contributed by atoms with E-state index in [1.54, 1.807) is 6.20 Å². The molecule has 2 aromatic rings. The maximum absolute atomic E-state index is 13.7. The summed E-state index contributed by atoms with van der Waals surface area (Å²) in [6, 6.07) is 5.02. The Morgan fingerprint density at radius 1 is 1.21 bits per heavy atom. The molecular formula is C18H20FN5O4S. The molecular weight excluding hydrogens is 401 g/mol. The van der Waals surface area contributed by atoms with Crippen LogP contribution in [0.3, 0.4) is 0 Å². The lowest BCUT2D eigenvalue weighted by Crippen LogP contribution is -2.38. The first kappa shape index (κ1) is 19.7. The van der Waals surface area contributed by atoms with Crippen LogP contribution in [0.2, 0.25) is 0 Å². The molecule has 1 aromatic carbocycles. The number of sulfonamides is 1. The van der Waals surface area contributed by atoms with Gasteiger partial charge in [0, 0.05) is 31.4 Å². The van der Waals surface area contributed by atoms with Crippen LogP contribution in [0.25, 0.3) is 0 Å². The van der Waals surface area contributed by atoms with Crippen molar-refractivity contribution in [3.63, 3.8) is 0 Å². The number of rotatable bonds is 5. The van der Waals surface area contributed by atoms with Crippen molar-refractivity contribution in [1.82, 2.24) is 19.6 Å². The number of nitrogens with one attached hydrogen (secondary N) is 1. The lowest BCUT2D eigenvalue weighted by Gasteiger charge is -2.26. The van der Waals surface area contributed by atoms with Gasteiger partial charge in [-0.2, -0.15) is 0 Å². The Kier molecular flexibility index (Phi) is 5.43. The van der Waals surface area contributed by atoms with E-state index in [9.17, 15) is 17.6 Å². The van der Waals surface area contributed by atoms with Crippen LogP contribution in [0.15, 0.2) is 35.4 Å². The number of benzene rings is 1. The molecule has 0 radical (unpaired) electrons. The number of hydrogen-bond acceptors (Lipinski definition) is 7. The molecule has 0 aliphatic carbocycles. The summed E-state index contributed by atoms with van der Waals surface area (Å²) >= 11 is 0. The van der Waals surface area contributed by atoms with Crippen molar-refractivity contribution in [1.29, 1.82) is 0 Å². The highest BCUT2D eigenvalue weighted by molar-refractivity contribution is 7.89. The zero-order valence-corrected chi connectivity index (χ0v) is 16.4. The molecule has 4 rings (SSSR count). The molecule has 11 heteroatoms. The van der Waals surface area contributed by atoms with Gasteiger partial charge in [0.05, 0.1) is 32.0 Å². The summed E-state index contributed by atoms with van der Waals surface area (Å²) < 4.78 is 45.7. The van der Waals surface area contributed by atoms with Crippen LogP contribution in [0.4, 0.5) is 10.3 Å². The van der Waals surface area contributed by atoms with Crippen molar-refractivity contribution >= 4 is 21.9 Å². The maximum Gasteiger partial charge on any atom is 0.243 e. The largest absolute Gasteiger partial charge is 0.378 e. The van der Waals surface area contributed by atoms with E-state index in [4.69, 9.17) is 4.74 Å². The van der Waals surface area contributed by atoms with Gasteiger partial charge < -0.3 is 14.5 Å². The third-order valence-corrected chi connectivity index (χ3v) is 6.26. The molecule has 9 nitrogen and oxygen atoms in total. The fourth-order valence-corrected chi connectivity index (χ4v) is 4.30. The van der Waals surface area contributed by atoms with Crippen LogP contribution in [0.1, 0.15) is 11.3 Å². The smallest absolute Gasteiger partial charge is 0.243 e. The number of amides is 1. The number of ether oxygens (including phenoxy) is 1. The number of carbonyl (C=O) groups excluding carboxylic acids is 1. The summed E-state index contributed by atoms with van der Waals surface area (Å²) in [6.07, 6.45) is 1.70. The quantitative estimate of drug-likeness (QED) is 0.739. The van der Waals surface area contributed by atoms with E-state index in [1.807, 2.05) is 4.90 Å². The van der Waals surface area contributed by atoms with Crippen LogP contribution in [-0.4, -0.2) is 62.0 Å². The van der Waals surface area contributed by atoms with Crippen LogP contribution in [-0.2, 0) is 32.6 Å². The van der Waals surface area contributed by atoms with E-state index in [1.165, 1.54) is 17.0 Å². The number of fused-ring (bicyclic) bond motifs is 1. The number of anilines is 1. The fraction of sp³-hybridized carbons (Fsp3) is 0.389. The third kappa shape index (κ3) is 4.21. The fourth-order valence-electron chi connectivity index (χ4n) is 3.24. The molecule has 2 aliphatic rings. The molecule has 1 fully saturated rings. The Balaban J connectivity index is 1.39. The molecule has 0 bridgehead atoms. The normalized spacial score (nSPS) is 16.7. The number of carbonyl (C=O) groups is 1. The Morgan fingerprint density at radius 2 is 1.97 bits per heavy atom. The summed E-state index contributed by atoms with van der Waals surface area (Å²) in [4.78, 5) is 24.4. The van der Waals surface area contributed by atoms with Crippen molar-refractivity contribution in [3.05, 3.63) is 47.5 Å². The van der Waals surface area contributed by atoms with Gasteiger partial charge in [-0.15, -0.1) is 0 Å². The zero-order valence-electron chi connectivity index (χ0n) is 15.5. The van der Waals surface area contributed by atoms with Gasteiger partial charge in [0.2, 0.25) is 21.9 Å². The van der Waals surface area contributed by atoms with Crippen LogP contribution in [0.5, 0.6) is 0 Å². The highest BCUT2D eigenvalue weighted by Crippen LogP contribution is 2.23. The van der Waals surface area contributed by atoms with Crippen molar-refractivity contribution in [3.8, 4) is 0 Å². The minimum atomic E-state index is -4.12. The average Bonchev–Trinajstić information content (AvgIpc) is 3.16. The van der Waals surface area contributed by atoms with E-state index in [0.717, 1.165) is 23.4 Å². The average molecular weight is 421 g/mol. The summed E-state index contributed by atoms with van der Waals surface area (Å²) in [5.41, 5.74) is 1.57. The molecule has 1 aromatic heterocycles. The van der Waals surface area contributed by atoms with Gasteiger partial charge in [-0.05, 0) is 12.1 Å². The summed E-state index contributed by atoms with van der Waals surface area (Å²) in [7, 11) is -4.12. The first-order chi connectivity index (χ1) is 13.9. The number of morpholine rings is 1. The van der Waals surface area contributed by atoms with Crippen molar-refractivity contribution in [2.75, 3.05) is 37.7 Å². The topological polar surface area (TPSA) is 105 Å². The lowest BCUT2D eigenvalue weighted by atomic mass is 10.3. The van der Waals surface area contributed by atoms with Gasteiger partial charge in [0.25, 0.3) is 0 Å². The van der Waals surface area contributed by atoms with Crippen molar-refractivity contribution in [2.24, 2.45) is 0 Å². The molecule has 154 valence electrons. The van der Waals surface area contributed by atoms with E-state index in [-0.39, 0.29) is 6.54 Å². The van der Waals surface area contributed by atoms with Gasteiger partial charge in [-0.1, -0.05) is 12.1 Å². The standard InChI is InChI=1S/C18H20FN5O4S/c19-14-3-1-2-4-16(14)29(26,27)21-10-17(25)24-11-13-9-20-18(22-15(13)12-24)23-5-7-28-8-6-23/h1-4,9,21H,5-8,10-12H2. The predicted octanol–water partition coefficient (Wildman–Crippen LogP) is 0.273. The molecule has 1 saturated heterocycles. The highest BCUT2D eigenvalue weighted by atomic mass is 32.2. The second-order valence-electron chi connectivity index (χ2n) is 6.75. The minimum absolute atomic E-state index is 0.273. The van der Waals surface area contributed by atoms with E-state index < -0.39 is 33.2 Å². The Morgan fingerprint density at radius 3 is 2.72 bits per heavy atom. The molecule has 29 heavy (non-hydrogen) atoms. The van der Waals surface area contributed by atoms with Crippen LogP contribution in [0, 0.1) is 5.82 Å². The van der Waals surface area contributed by atoms with Gasteiger partial charge in [0.1, 0.15) is 10.7 Å². The summed E-state index contributed by atoms with van der Waals surface area (Å²) in [5, 5.41) is 0. The molecule has 2 aliphatic heterocycles. The Labute approximate surface area is 167 Å². The van der Waals surface area contributed by atoms with Crippen molar-refractivity contribution < 1.29 is 22.3 Å². The molecule has 3 heterocycles. The van der Waals surface area contributed by atoms with Gasteiger partial charge in [-0.25, -0.2) is 27.5 Å². The predicted molar refractivity (Wildman–Crippen MR) is 101 cm³/mol. The van der Waals surface area contributed by atoms with Gasteiger partial charge in [-0.3, -0.25) is 4.79 Å². The van der Waals surface area contributed by atoms with Crippen molar-refractivity contribution in [2.45, 2.75) is 18.0 Å². The SMILES string of the molecule is O=C(CNS(=O)(=O)c1ccccc1F)N1Cc2cnc(N3CCOCC3)nc2C1. The monoisotopic (exact) mass is 421 g/mol. The van der Waals surface area contributed by atoms with Gasteiger partial charge >= 0.3 is 0 Å². The Hall–Kier alpha value is -2.63. The van der Waals surface area contributed by atoms with E-state index in [0.29, 0.717) is 38.8 Å². The number of halogens is 1. The molecule has 0 saturated carbocycles. The maximum atomic E-state index is 13.7. The van der Waals surface area contributed by atoms with E-state index in [2.05, 4.69) is 14.7 Å². The zero-order chi connectivity index (χ0) is 20.4. The second kappa shape index (κ2) is 8.01. The van der Waals surface area contributed by atoms with Gasteiger partial charge in [0.15, 0.2) is 0 Å². The Bertz CT molecular complexity index is 1030. The summed E-state index contributed by atoms with van der Waals surface area (Å²) in [6.45, 7) is 2.77. The molecule has 1 N–H and O–H groups in total. The lowest BCUT2D eigenvalue weighted by molar-refractivity contribution is -0.130. The molecule has 0 unspecified atom stereocenters. The third-order valence-electron chi connectivity index (χ3n) is 4.83. The van der Waals surface area contributed by atoms with Crippen LogP contribution < -0.4 is 9.62 Å². The van der Waals surface area contributed by atoms with E-state index >= 15 is 0 Å². The number of hydrogen-bond donors (Lipinski definition) is 1. The minimum Gasteiger partial charge on any atom is -0.378 e. The van der Waals surface area contributed by atoms with Crippen LogP contribution >= 0.6 is 0 Å².